The van der Waals surface area contributed by atoms with Crippen LogP contribution >= 0.6 is 38.5 Å². The number of carbonyl (C=O) groups is 1. The average Bonchev–Trinajstić information content (AvgIpc) is 2.47. The molecule has 2 aromatic rings. The van der Waals surface area contributed by atoms with Gasteiger partial charge in [-0.2, -0.15) is 0 Å². The molecular weight excluding hydrogens is 461 g/mol. The van der Waals surface area contributed by atoms with Crippen molar-refractivity contribution in [3.05, 3.63) is 50.0 Å². The summed E-state index contributed by atoms with van der Waals surface area (Å²) >= 11 is 5.51. The van der Waals surface area contributed by atoms with Crippen LogP contribution in [-0.2, 0) is 0 Å². The number of amides is 1. The molecule has 0 radical (unpaired) electrons. The summed E-state index contributed by atoms with van der Waals surface area (Å²) in [5, 5.41) is 2.86. The molecule has 0 unspecified atom stereocenters. The van der Waals surface area contributed by atoms with E-state index in [1.54, 1.807) is 19.2 Å². The molecule has 0 saturated heterocycles. The molecule has 2 aromatic carbocycles. The number of carbonyl (C=O) groups excluding carboxylic acids is 1. The van der Waals surface area contributed by atoms with Crippen molar-refractivity contribution >= 4 is 50.1 Å². The zero-order chi connectivity index (χ0) is 16.1. The van der Waals surface area contributed by atoms with Gasteiger partial charge in [-0.25, -0.2) is 0 Å². The smallest absolute Gasteiger partial charge is 0.255 e. The predicted octanol–water partition coefficient (Wildman–Crippen LogP) is 4.71. The van der Waals surface area contributed by atoms with Crippen molar-refractivity contribution in [3.8, 4) is 11.5 Å². The van der Waals surface area contributed by atoms with Crippen LogP contribution in [0.15, 0.2) is 40.9 Å². The molecule has 6 heteroatoms. The van der Waals surface area contributed by atoms with Crippen molar-refractivity contribution in [1.29, 1.82) is 0 Å². The molecule has 1 N–H and O–H groups in total. The van der Waals surface area contributed by atoms with Crippen LogP contribution in [0.2, 0.25) is 0 Å². The first-order valence-electron chi connectivity index (χ1n) is 6.62. The molecule has 0 aromatic heterocycles. The highest BCUT2D eigenvalue weighted by molar-refractivity contribution is 14.1. The molecule has 0 aliphatic heterocycles. The Morgan fingerprint density at radius 2 is 2.09 bits per heavy atom. The Kier molecular flexibility index (Phi) is 6.07. The van der Waals surface area contributed by atoms with E-state index in [9.17, 15) is 4.79 Å². The Hall–Kier alpha value is -1.28. The highest BCUT2D eigenvalue weighted by Crippen LogP contribution is 2.34. The van der Waals surface area contributed by atoms with E-state index < -0.39 is 0 Å². The lowest BCUT2D eigenvalue weighted by Gasteiger charge is -2.13. The van der Waals surface area contributed by atoms with Gasteiger partial charge in [0.05, 0.1) is 17.3 Å². The second kappa shape index (κ2) is 7.82. The number of anilines is 1. The number of ether oxygens (including phenoxy) is 2. The number of methoxy groups -OCH3 is 1. The minimum absolute atomic E-state index is 0.195. The van der Waals surface area contributed by atoms with Gasteiger partial charge in [-0.15, -0.1) is 0 Å². The summed E-state index contributed by atoms with van der Waals surface area (Å²) in [6.45, 7) is 2.39. The summed E-state index contributed by atoms with van der Waals surface area (Å²) in [7, 11) is 1.58. The van der Waals surface area contributed by atoms with Crippen molar-refractivity contribution in [1.82, 2.24) is 0 Å². The quantitative estimate of drug-likeness (QED) is 0.637. The molecule has 0 fully saturated rings. The molecular formula is C16H15BrINO3. The van der Waals surface area contributed by atoms with Crippen molar-refractivity contribution in [2.24, 2.45) is 0 Å². The Balaban J connectivity index is 2.29. The van der Waals surface area contributed by atoms with Gasteiger partial charge in [0, 0.05) is 15.7 Å². The Bertz CT molecular complexity index is 691. The summed E-state index contributed by atoms with van der Waals surface area (Å²) in [4.78, 5) is 12.4. The number of hydrogen-bond acceptors (Lipinski definition) is 3. The molecule has 0 bridgehead atoms. The summed E-state index contributed by atoms with van der Waals surface area (Å²) in [5.41, 5.74) is 1.25. The van der Waals surface area contributed by atoms with E-state index in [0.717, 1.165) is 13.7 Å². The summed E-state index contributed by atoms with van der Waals surface area (Å²) < 4.78 is 12.6. The minimum Gasteiger partial charge on any atom is -0.492 e. The normalized spacial score (nSPS) is 10.2. The zero-order valence-corrected chi connectivity index (χ0v) is 15.9. The van der Waals surface area contributed by atoms with Gasteiger partial charge in [-0.1, -0.05) is 22.0 Å². The van der Waals surface area contributed by atoms with Crippen LogP contribution < -0.4 is 14.8 Å². The van der Waals surface area contributed by atoms with E-state index in [-0.39, 0.29) is 5.91 Å². The first-order chi connectivity index (χ1) is 10.5. The molecule has 0 heterocycles. The highest BCUT2D eigenvalue weighted by Gasteiger charge is 2.15. The van der Waals surface area contributed by atoms with Gasteiger partial charge in [0.15, 0.2) is 11.5 Å². The lowest BCUT2D eigenvalue weighted by Crippen LogP contribution is -2.13. The standard InChI is InChI=1S/C16H15BrINO3/c1-3-22-14-8-10(7-13(18)15(14)21-2)16(20)19-12-6-4-5-11(17)9-12/h4-9H,3H2,1-2H3,(H,19,20). The molecule has 0 atom stereocenters. The summed E-state index contributed by atoms with van der Waals surface area (Å²) in [6, 6.07) is 10.9. The van der Waals surface area contributed by atoms with E-state index in [1.165, 1.54) is 0 Å². The molecule has 0 aliphatic rings. The number of rotatable bonds is 5. The van der Waals surface area contributed by atoms with Crippen LogP contribution in [0, 0.1) is 3.57 Å². The monoisotopic (exact) mass is 475 g/mol. The number of benzene rings is 2. The van der Waals surface area contributed by atoms with Crippen LogP contribution in [0.1, 0.15) is 17.3 Å². The third-order valence-electron chi connectivity index (χ3n) is 2.86. The van der Waals surface area contributed by atoms with Crippen LogP contribution in [0.25, 0.3) is 0 Å². The predicted molar refractivity (Wildman–Crippen MR) is 99.0 cm³/mol. The molecule has 1 amide bonds. The average molecular weight is 476 g/mol. The van der Waals surface area contributed by atoms with E-state index in [4.69, 9.17) is 9.47 Å². The van der Waals surface area contributed by atoms with Gasteiger partial charge in [-0.3, -0.25) is 4.79 Å². The Morgan fingerprint density at radius 3 is 2.73 bits per heavy atom. The van der Waals surface area contributed by atoms with Crippen molar-refractivity contribution < 1.29 is 14.3 Å². The van der Waals surface area contributed by atoms with Gasteiger partial charge in [0.2, 0.25) is 0 Å². The topological polar surface area (TPSA) is 47.6 Å². The van der Waals surface area contributed by atoms with Crippen LogP contribution in [0.3, 0.4) is 0 Å². The maximum Gasteiger partial charge on any atom is 0.255 e. The van der Waals surface area contributed by atoms with Crippen LogP contribution in [0.4, 0.5) is 5.69 Å². The summed E-state index contributed by atoms with van der Waals surface area (Å²) in [5.74, 6) is 1.01. The SMILES string of the molecule is CCOc1cc(C(=O)Nc2cccc(Br)c2)cc(I)c1OC. The second-order valence-electron chi connectivity index (χ2n) is 4.39. The van der Waals surface area contributed by atoms with E-state index in [2.05, 4.69) is 43.8 Å². The summed E-state index contributed by atoms with van der Waals surface area (Å²) in [6.07, 6.45) is 0. The molecule has 2 rings (SSSR count). The van der Waals surface area contributed by atoms with Crippen LogP contribution in [0.5, 0.6) is 11.5 Å². The third kappa shape index (κ3) is 4.13. The number of halogens is 2. The van der Waals surface area contributed by atoms with Crippen LogP contribution in [-0.4, -0.2) is 19.6 Å². The molecule has 0 saturated carbocycles. The van der Waals surface area contributed by atoms with Crippen molar-refractivity contribution in [2.45, 2.75) is 6.92 Å². The van der Waals surface area contributed by atoms with Crippen molar-refractivity contribution in [2.75, 3.05) is 19.0 Å². The molecule has 0 aliphatic carbocycles. The van der Waals surface area contributed by atoms with Gasteiger partial charge in [-0.05, 0) is 59.8 Å². The van der Waals surface area contributed by atoms with E-state index in [0.29, 0.717) is 23.7 Å². The highest BCUT2D eigenvalue weighted by atomic mass is 127. The first-order valence-corrected chi connectivity index (χ1v) is 8.49. The van der Waals surface area contributed by atoms with Gasteiger partial charge in [0.25, 0.3) is 5.91 Å². The maximum absolute atomic E-state index is 12.4. The fraction of sp³-hybridized carbons (Fsp3) is 0.188. The third-order valence-corrected chi connectivity index (χ3v) is 4.15. The maximum atomic E-state index is 12.4. The number of hydrogen-bond donors (Lipinski definition) is 1. The molecule has 4 nitrogen and oxygen atoms in total. The fourth-order valence-corrected chi connectivity index (χ4v) is 3.15. The van der Waals surface area contributed by atoms with Gasteiger partial charge in [0.1, 0.15) is 0 Å². The van der Waals surface area contributed by atoms with Crippen molar-refractivity contribution in [3.63, 3.8) is 0 Å². The Labute approximate surface area is 151 Å². The minimum atomic E-state index is -0.195. The fourth-order valence-electron chi connectivity index (χ4n) is 1.93. The largest absolute Gasteiger partial charge is 0.492 e. The Morgan fingerprint density at radius 1 is 1.32 bits per heavy atom. The molecule has 0 spiro atoms. The van der Waals surface area contributed by atoms with Gasteiger partial charge >= 0.3 is 0 Å². The van der Waals surface area contributed by atoms with Gasteiger partial charge < -0.3 is 14.8 Å². The zero-order valence-electron chi connectivity index (χ0n) is 12.2. The van der Waals surface area contributed by atoms with E-state index >= 15 is 0 Å². The second-order valence-corrected chi connectivity index (χ2v) is 6.46. The lowest BCUT2D eigenvalue weighted by atomic mass is 10.2. The molecule has 22 heavy (non-hydrogen) atoms. The molecule has 116 valence electrons. The first kappa shape index (κ1) is 17.1. The lowest BCUT2D eigenvalue weighted by molar-refractivity contribution is 0.102. The number of nitrogens with one attached hydrogen (secondary N) is 1. The van der Waals surface area contributed by atoms with E-state index in [1.807, 2.05) is 31.2 Å².